The quantitative estimate of drug-likeness (QED) is 0.576. The maximum absolute atomic E-state index is 11.2. The number of aliphatic hydroxyl groups is 1. The van der Waals surface area contributed by atoms with Gasteiger partial charge in [-0.2, -0.15) is 0 Å². The van der Waals surface area contributed by atoms with Crippen LogP contribution in [-0.4, -0.2) is 35.5 Å². The molecule has 0 aliphatic carbocycles. The van der Waals surface area contributed by atoms with E-state index in [0.717, 1.165) is 11.8 Å². The highest BCUT2D eigenvalue weighted by atomic mass is 16.3. The Balaban J connectivity index is 2.88. The Kier molecular flexibility index (Phi) is 5.60. The van der Waals surface area contributed by atoms with Gasteiger partial charge in [-0.3, -0.25) is 4.90 Å². The van der Waals surface area contributed by atoms with Crippen molar-refractivity contribution in [1.82, 2.24) is 4.90 Å². The van der Waals surface area contributed by atoms with Gasteiger partial charge in [-0.25, -0.2) is 0 Å². The van der Waals surface area contributed by atoms with Crippen molar-refractivity contribution in [2.24, 2.45) is 0 Å². The summed E-state index contributed by atoms with van der Waals surface area (Å²) in [6.45, 7) is 6.41. The predicted molar refractivity (Wildman–Crippen MR) is 68.7 cm³/mol. The van der Waals surface area contributed by atoms with E-state index in [4.69, 9.17) is 0 Å². The van der Waals surface area contributed by atoms with Crippen molar-refractivity contribution < 1.29 is 9.90 Å². The first-order valence-electron chi connectivity index (χ1n) is 5.72. The first-order chi connectivity index (χ1) is 8.19. The van der Waals surface area contributed by atoms with Crippen molar-refractivity contribution in [1.29, 1.82) is 0 Å². The van der Waals surface area contributed by atoms with Gasteiger partial charge in [0.05, 0.1) is 12.1 Å². The molecule has 2 atom stereocenters. The number of hydrogen-bond acceptors (Lipinski definition) is 3. The average molecular weight is 233 g/mol. The molecular formula is C14H19NO2. The molecule has 0 saturated heterocycles. The third-order valence-electron chi connectivity index (χ3n) is 2.53. The maximum atomic E-state index is 11.2. The van der Waals surface area contributed by atoms with Crippen LogP contribution in [0.25, 0.3) is 0 Å². The van der Waals surface area contributed by atoms with E-state index in [9.17, 15) is 9.90 Å². The van der Waals surface area contributed by atoms with E-state index in [1.165, 1.54) is 0 Å². The molecule has 3 heteroatoms. The van der Waals surface area contributed by atoms with Gasteiger partial charge in [0.25, 0.3) is 0 Å². The van der Waals surface area contributed by atoms with E-state index in [2.05, 4.69) is 6.58 Å². The SMILES string of the molecule is C=CCN(C[C@@H](C)O)[C@H](C=O)c1ccccc1. The molecule has 3 nitrogen and oxygen atoms in total. The highest BCUT2D eigenvalue weighted by Crippen LogP contribution is 2.18. The van der Waals surface area contributed by atoms with Crippen molar-refractivity contribution >= 4 is 6.29 Å². The van der Waals surface area contributed by atoms with Gasteiger partial charge in [0.2, 0.25) is 0 Å². The topological polar surface area (TPSA) is 40.5 Å². The van der Waals surface area contributed by atoms with Crippen LogP contribution in [0.3, 0.4) is 0 Å². The zero-order valence-electron chi connectivity index (χ0n) is 10.1. The van der Waals surface area contributed by atoms with Crippen LogP contribution in [-0.2, 0) is 4.79 Å². The fourth-order valence-electron chi connectivity index (χ4n) is 1.83. The molecule has 92 valence electrons. The molecule has 1 rings (SSSR count). The number of nitrogens with zero attached hydrogens (tertiary/aromatic N) is 1. The van der Waals surface area contributed by atoms with Crippen LogP contribution in [0.1, 0.15) is 18.5 Å². The molecule has 0 unspecified atom stereocenters. The zero-order chi connectivity index (χ0) is 12.7. The van der Waals surface area contributed by atoms with Crippen molar-refractivity contribution in [2.45, 2.75) is 19.1 Å². The van der Waals surface area contributed by atoms with Gasteiger partial charge in [-0.1, -0.05) is 36.4 Å². The summed E-state index contributed by atoms with van der Waals surface area (Å²) in [7, 11) is 0. The molecular weight excluding hydrogens is 214 g/mol. The van der Waals surface area contributed by atoms with Crippen LogP contribution in [0.5, 0.6) is 0 Å². The monoisotopic (exact) mass is 233 g/mol. The molecule has 0 aliphatic heterocycles. The molecule has 0 saturated carbocycles. The smallest absolute Gasteiger partial charge is 0.141 e. The fraction of sp³-hybridized carbons (Fsp3) is 0.357. The molecule has 0 aromatic heterocycles. The first-order valence-corrected chi connectivity index (χ1v) is 5.72. The lowest BCUT2D eigenvalue weighted by Crippen LogP contribution is -2.35. The van der Waals surface area contributed by atoms with E-state index in [0.29, 0.717) is 13.1 Å². The molecule has 0 heterocycles. The van der Waals surface area contributed by atoms with Gasteiger partial charge in [0.1, 0.15) is 6.29 Å². The Morgan fingerprint density at radius 2 is 2.06 bits per heavy atom. The van der Waals surface area contributed by atoms with E-state index >= 15 is 0 Å². The largest absolute Gasteiger partial charge is 0.392 e. The lowest BCUT2D eigenvalue weighted by Gasteiger charge is -2.28. The summed E-state index contributed by atoms with van der Waals surface area (Å²) in [5, 5.41) is 9.45. The normalized spacial score (nSPS) is 14.3. The van der Waals surface area contributed by atoms with Gasteiger partial charge in [0.15, 0.2) is 0 Å². The van der Waals surface area contributed by atoms with Gasteiger partial charge in [-0.15, -0.1) is 6.58 Å². The Morgan fingerprint density at radius 3 is 2.53 bits per heavy atom. The van der Waals surface area contributed by atoms with Crippen molar-refractivity contribution in [2.75, 3.05) is 13.1 Å². The average Bonchev–Trinajstić information content (AvgIpc) is 2.31. The molecule has 0 bridgehead atoms. The van der Waals surface area contributed by atoms with Crippen molar-refractivity contribution in [3.8, 4) is 0 Å². The van der Waals surface area contributed by atoms with Crippen LogP contribution in [0.4, 0.5) is 0 Å². The molecule has 0 radical (unpaired) electrons. The lowest BCUT2D eigenvalue weighted by molar-refractivity contribution is -0.112. The standard InChI is InChI=1S/C14H19NO2/c1-3-9-15(10-12(2)17)14(11-16)13-7-5-4-6-8-13/h3-8,11-12,14,17H,1,9-10H2,2H3/t12-,14-/m1/s1. The van der Waals surface area contributed by atoms with Gasteiger partial charge in [-0.05, 0) is 12.5 Å². The highest BCUT2D eigenvalue weighted by Gasteiger charge is 2.19. The minimum absolute atomic E-state index is 0.330. The number of carbonyl (C=O) groups excluding carboxylic acids is 1. The number of benzene rings is 1. The van der Waals surface area contributed by atoms with Gasteiger partial charge < -0.3 is 9.90 Å². The van der Waals surface area contributed by atoms with Crippen LogP contribution < -0.4 is 0 Å². The second-order valence-corrected chi connectivity index (χ2v) is 4.08. The lowest BCUT2D eigenvalue weighted by atomic mass is 10.1. The number of aldehydes is 1. The first kappa shape index (κ1) is 13.6. The molecule has 1 N–H and O–H groups in total. The van der Waals surface area contributed by atoms with Crippen LogP contribution in [0.15, 0.2) is 43.0 Å². The Labute approximate surface area is 102 Å². The van der Waals surface area contributed by atoms with E-state index in [1.54, 1.807) is 13.0 Å². The predicted octanol–water partition coefficient (Wildman–Crippen LogP) is 1.80. The van der Waals surface area contributed by atoms with Crippen molar-refractivity contribution in [3.63, 3.8) is 0 Å². The number of rotatable bonds is 7. The summed E-state index contributed by atoms with van der Waals surface area (Å²) in [5.74, 6) is 0. The summed E-state index contributed by atoms with van der Waals surface area (Å²) in [6, 6.07) is 9.22. The Hall–Kier alpha value is -1.45. The number of aliphatic hydroxyl groups excluding tert-OH is 1. The summed E-state index contributed by atoms with van der Waals surface area (Å²) >= 11 is 0. The molecule has 1 aromatic carbocycles. The molecule has 1 aromatic rings. The third-order valence-corrected chi connectivity index (χ3v) is 2.53. The fourth-order valence-corrected chi connectivity index (χ4v) is 1.83. The molecule has 0 fully saturated rings. The van der Waals surface area contributed by atoms with E-state index in [-0.39, 0.29) is 6.04 Å². The number of hydrogen-bond donors (Lipinski definition) is 1. The molecule has 17 heavy (non-hydrogen) atoms. The zero-order valence-corrected chi connectivity index (χ0v) is 10.1. The summed E-state index contributed by atoms with van der Waals surface area (Å²) in [5.41, 5.74) is 0.935. The Morgan fingerprint density at radius 1 is 1.41 bits per heavy atom. The summed E-state index contributed by atoms with van der Waals surface area (Å²) in [6.07, 6.45) is 2.17. The van der Waals surface area contributed by atoms with Gasteiger partial charge >= 0.3 is 0 Å². The number of carbonyl (C=O) groups is 1. The highest BCUT2D eigenvalue weighted by molar-refractivity contribution is 5.61. The summed E-state index contributed by atoms with van der Waals surface area (Å²) in [4.78, 5) is 13.1. The third kappa shape index (κ3) is 4.13. The second-order valence-electron chi connectivity index (χ2n) is 4.08. The van der Waals surface area contributed by atoms with Crippen LogP contribution in [0.2, 0.25) is 0 Å². The van der Waals surface area contributed by atoms with Crippen LogP contribution >= 0.6 is 0 Å². The van der Waals surface area contributed by atoms with Crippen LogP contribution in [0, 0.1) is 0 Å². The van der Waals surface area contributed by atoms with Crippen molar-refractivity contribution in [3.05, 3.63) is 48.6 Å². The maximum Gasteiger partial charge on any atom is 0.141 e. The Bertz CT molecular complexity index is 348. The molecule has 0 amide bonds. The molecule has 0 spiro atoms. The second kappa shape index (κ2) is 6.99. The minimum Gasteiger partial charge on any atom is -0.392 e. The van der Waals surface area contributed by atoms with E-state index < -0.39 is 6.10 Å². The molecule has 0 aliphatic rings. The van der Waals surface area contributed by atoms with E-state index in [1.807, 2.05) is 35.2 Å². The summed E-state index contributed by atoms with van der Waals surface area (Å²) < 4.78 is 0. The van der Waals surface area contributed by atoms with Gasteiger partial charge in [0, 0.05) is 13.1 Å². The minimum atomic E-state index is -0.471.